The summed E-state index contributed by atoms with van der Waals surface area (Å²) >= 11 is 0. The van der Waals surface area contributed by atoms with E-state index in [1.165, 1.54) is 7.11 Å². The number of ether oxygens (including phenoxy) is 2. The summed E-state index contributed by atoms with van der Waals surface area (Å²) in [5, 5.41) is 0. The van der Waals surface area contributed by atoms with Crippen LogP contribution in [0.1, 0.15) is 29.5 Å². The molecule has 1 amide bonds. The monoisotopic (exact) mass is 319 g/mol. The lowest BCUT2D eigenvalue weighted by Crippen LogP contribution is -2.42. The highest BCUT2D eigenvalue weighted by Gasteiger charge is 2.28. The van der Waals surface area contributed by atoms with E-state index in [0.29, 0.717) is 25.9 Å². The first kappa shape index (κ1) is 17.3. The van der Waals surface area contributed by atoms with E-state index >= 15 is 0 Å². The first-order valence-electron chi connectivity index (χ1n) is 7.98. The van der Waals surface area contributed by atoms with Crippen molar-refractivity contribution in [2.75, 3.05) is 26.8 Å². The molecule has 0 spiro atoms. The van der Waals surface area contributed by atoms with Crippen molar-refractivity contribution in [3.8, 4) is 5.75 Å². The molecule has 1 saturated heterocycles. The maximum atomic E-state index is 12.3. The third kappa shape index (κ3) is 4.24. The highest BCUT2D eigenvalue weighted by molar-refractivity contribution is 5.78. The van der Waals surface area contributed by atoms with Gasteiger partial charge in [0.25, 0.3) is 5.91 Å². The molecular formula is C18H25NO4. The Bertz CT molecular complexity index is 589. The lowest BCUT2D eigenvalue weighted by atomic mass is 9.97. The molecule has 23 heavy (non-hydrogen) atoms. The number of nitrogens with zero attached hydrogens (tertiary/aromatic N) is 1. The molecule has 0 aliphatic carbocycles. The fourth-order valence-electron chi connectivity index (χ4n) is 2.91. The molecule has 2 rings (SSSR count). The number of esters is 1. The van der Waals surface area contributed by atoms with Gasteiger partial charge in [-0.25, -0.2) is 0 Å². The van der Waals surface area contributed by atoms with Gasteiger partial charge in [-0.1, -0.05) is 6.07 Å². The minimum absolute atomic E-state index is 0.0343. The highest BCUT2D eigenvalue weighted by Crippen LogP contribution is 2.24. The molecule has 1 heterocycles. The number of carbonyl (C=O) groups is 2. The molecule has 1 aromatic carbocycles. The Balaban J connectivity index is 1.88. The first-order valence-corrected chi connectivity index (χ1v) is 7.98. The molecule has 1 aliphatic rings. The van der Waals surface area contributed by atoms with Crippen molar-refractivity contribution in [1.29, 1.82) is 0 Å². The quantitative estimate of drug-likeness (QED) is 0.800. The third-order valence-corrected chi connectivity index (χ3v) is 4.50. The fraction of sp³-hybridized carbons (Fsp3) is 0.556. The van der Waals surface area contributed by atoms with Crippen molar-refractivity contribution in [2.24, 2.45) is 5.92 Å². The molecule has 0 radical (unpaired) electrons. The molecule has 1 aliphatic heterocycles. The molecule has 0 atom stereocenters. The molecule has 126 valence electrons. The largest absolute Gasteiger partial charge is 0.483 e. The Morgan fingerprint density at radius 2 is 1.83 bits per heavy atom. The smallest absolute Gasteiger partial charge is 0.308 e. The Kier molecular flexibility index (Phi) is 5.64. The molecule has 1 fully saturated rings. The second-order valence-corrected chi connectivity index (χ2v) is 6.17. The second kappa shape index (κ2) is 7.49. The van der Waals surface area contributed by atoms with Gasteiger partial charge in [0.1, 0.15) is 5.75 Å². The van der Waals surface area contributed by atoms with Gasteiger partial charge >= 0.3 is 5.97 Å². The minimum Gasteiger partial charge on any atom is -0.483 e. The van der Waals surface area contributed by atoms with E-state index in [2.05, 4.69) is 6.07 Å². The lowest BCUT2D eigenvalue weighted by molar-refractivity contribution is -0.149. The number of hydrogen-bond donors (Lipinski definition) is 0. The van der Waals surface area contributed by atoms with Gasteiger partial charge in [0.2, 0.25) is 0 Å². The van der Waals surface area contributed by atoms with Gasteiger partial charge in [-0.15, -0.1) is 0 Å². The molecule has 0 saturated carbocycles. The zero-order valence-corrected chi connectivity index (χ0v) is 14.3. The molecule has 0 bridgehead atoms. The van der Waals surface area contributed by atoms with E-state index < -0.39 is 0 Å². The first-order chi connectivity index (χ1) is 10.9. The van der Waals surface area contributed by atoms with Crippen LogP contribution in [0.15, 0.2) is 12.1 Å². The number of carbonyl (C=O) groups excluding carboxylic acids is 2. The zero-order valence-electron chi connectivity index (χ0n) is 14.3. The predicted octanol–water partition coefficient (Wildman–Crippen LogP) is 2.40. The second-order valence-electron chi connectivity index (χ2n) is 6.17. The molecule has 1 aromatic rings. The number of methoxy groups -OCH3 is 1. The summed E-state index contributed by atoms with van der Waals surface area (Å²) in [6.07, 6.45) is 1.31. The van der Waals surface area contributed by atoms with Gasteiger partial charge in [0, 0.05) is 13.1 Å². The highest BCUT2D eigenvalue weighted by atomic mass is 16.5. The third-order valence-electron chi connectivity index (χ3n) is 4.50. The van der Waals surface area contributed by atoms with Crippen LogP contribution in [0, 0.1) is 26.7 Å². The van der Waals surface area contributed by atoms with Crippen LogP contribution in [0.2, 0.25) is 0 Å². The maximum Gasteiger partial charge on any atom is 0.308 e. The molecule has 5 heteroatoms. The van der Waals surface area contributed by atoms with Crippen LogP contribution in [0.3, 0.4) is 0 Å². The predicted molar refractivity (Wildman–Crippen MR) is 87.5 cm³/mol. The fourth-order valence-corrected chi connectivity index (χ4v) is 2.91. The van der Waals surface area contributed by atoms with E-state index in [4.69, 9.17) is 9.47 Å². The van der Waals surface area contributed by atoms with Gasteiger partial charge < -0.3 is 14.4 Å². The average Bonchev–Trinajstić information content (AvgIpc) is 2.55. The van der Waals surface area contributed by atoms with Crippen LogP contribution in [0.4, 0.5) is 0 Å². The van der Waals surface area contributed by atoms with Crippen molar-refractivity contribution >= 4 is 11.9 Å². The number of likely N-dealkylation sites (tertiary alicyclic amines) is 1. The summed E-state index contributed by atoms with van der Waals surface area (Å²) < 4.78 is 10.5. The van der Waals surface area contributed by atoms with E-state index in [0.717, 1.165) is 22.4 Å². The van der Waals surface area contributed by atoms with Gasteiger partial charge in [-0.3, -0.25) is 9.59 Å². The number of rotatable bonds is 4. The molecule has 0 N–H and O–H groups in total. The van der Waals surface area contributed by atoms with Gasteiger partial charge in [-0.2, -0.15) is 0 Å². The summed E-state index contributed by atoms with van der Waals surface area (Å²) in [6.45, 7) is 7.23. The van der Waals surface area contributed by atoms with Crippen molar-refractivity contribution in [2.45, 2.75) is 33.6 Å². The molecule has 5 nitrogen and oxygen atoms in total. The van der Waals surface area contributed by atoms with Gasteiger partial charge in [0.15, 0.2) is 6.61 Å². The van der Waals surface area contributed by atoms with Crippen molar-refractivity contribution < 1.29 is 19.1 Å². The topological polar surface area (TPSA) is 55.8 Å². The Morgan fingerprint density at radius 3 is 2.43 bits per heavy atom. The minimum atomic E-state index is -0.181. The number of amides is 1. The number of aryl methyl sites for hydroxylation is 2. The standard InChI is InChI=1S/C18H25NO4/c1-12-9-13(2)14(3)16(10-12)23-11-17(20)19-7-5-15(6-8-19)18(21)22-4/h9-10,15H,5-8,11H2,1-4H3. The molecule has 0 unspecified atom stereocenters. The van der Waals surface area contributed by atoms with Crippen molar-refractivity contribution in [1.82, 2.24) is 4.90 Å². The number of benzene rings is 1. The van der Waals surface area contributed by atoms with Gasteiger partial charge in [0.05, 0.1) is 13.0 Å². The van der Waals surface area contributed by atoms with Crippen LogP contribution in [-0.4, -0.2) is 43.6 Å². The van der Waals surface area contributed by atoms with E-state index in [9.17, 15) is 9.59 Å². The SMILES string of the molecule is COC(=O)C1CCN(C(=O)COc2cc(C)cc(C)c2C)CC1. The van der Waals surface area contributed by atoms with Crippen LogP contribution >= 0.6 is 0 Å². The van der Waals surface area contributed by atoms with Crippen LogP contribution < -0.4 is 4.74 Å². The van der Waals surface area contributed by atoms with Crippen molar-refractivity contribution in [3.05, 3.63) is 28.8 Å². The normalized spacial score (nSPS) is 15.4. The van der Waals surface area contributed by atoms with E-state index in [-0.39, 0.29) is 24.4 Å². The average molecular weight is 319 g/mol. The molecule has 0 aromatic heterocycles. The zero-order chi connectivity index (χ0) is 17.0. The van der Waals surface area contributed by atoms with Gasteiger partial charge in [-0.05, 0) is 56.4 Å². The summed E-state index contributed by atoms with van der Waals surface area (Å²) in [5.74, 6) is 0.456. The summed E-state index contributed by atoms with van der Waals surface area (Å²) in [4.78, 5) is 25.5. The van der Waals surface area contributed by atoms with E-state index in [1.807, 2.05) is 26.8 Å². The number of piperidine rings is 1. The van der Waals surface area contributed by atoms with Crippen LogP contribution in [0.25, 0.3) is 0 Å². The van der Waals surface area contributed by atoms with Crippen LogP contribution in [-0.2, 0) is 14.3 Å². The summed E-state index contributed by atoms with van der Waals surface area (Å²) in [5.41, 5.74) is 3.34. The maximum absolute atomic E-state index is 12.3. The Hall–Kier alpha value is -2.04. The van der Waals surface area contributed by atoms with E-state index in [1.54, 1.807) is 4.90 Å². The Labute approximate surface area is 137 Å². The molecular weight excluding hydrogens is 294 g/mol. The van der Waals surface area contributed by atoms with Crippen LogP contribution in [0.5, 0.6) is 5.75 Å². The summed E-state index contributed by atoms with van der Waals surface area (Å²) in [6, 6.07) is 4.06. The van der Waals surface area contributed by atoms with Crippen molar-refractivity contribution in [3.63, 3.8) is 0 Å². The summed E-state index contributed by atoms with van der Waals surface area (Å²) in [7, 11) is 1.40. The lowest BCUT2D eigenvalue weighted by Gasteiger charge is -2.30. The Morgan fingerprint density at radius 1 is 1.17 bits per heavy atom. The number of hydrogen-bond acceptors (Lipinski definition) is 4.